The number of aliphatic carboxylic acids is 1. The number of hydrogen-bond donors (Lipinski definition) is 2. The fraction of sp³-hybridized carbons (Fsp3) is 0.300. The number of carboxylic acid groups (broad SMARTS) is 1. The van der Waals surface area contributed by atoms with Gasteiger partial charge in [0.15, 0.2) is 0 Å². The maximum atomic E-state index is 10.9. The van der Waals surface area contributed by atoms with Gasteiger partial charge in [-0.15, -0.1) is 0 Å². The maximum Gasteiger partial charge on any atom is 0.312 e. The molecule has 4 nitrogen and oxygen atoms in total. The van der Waals surface area contributed by atoms with Gasteiger partial charge in [0, 0.05) is 17.6 Å². The van der Waals surface area contributed by atoms with E-state index in [2.05, 4.69) is 0 Å². The predicted molar refractivity (Wildman–Crippen MR) is 62.4 cm³/mol. The van der Waals surface area contributed by atoms with Crippen molar-refractivity contribution in [1.82, 2.24) is 0 Å². The van der Waals surface area contributed by atoms with E-state index in [-0.39, 0.29) is 11.6 Å². The number of halogens is 2. The van der Waals surface area contributed by atoms with Crippen LogP contribution in [0, 0.1) is 0 Å². The zero-order valence-electron chi connectivity index (χ0n) is 8.54. The summed E-state index contributed by atoms with van der Waals surface area (Å²) in [6.07, 6.45) is 0. The van der Waals surface area contributed by atoms with Crippen LogP contribution in [-0.2, 0) is 4.79 Å². The highest BCUT2D eigenvalue weighted by atomic mass is 35.5. The van der Waals surface area contributed by atoms with Crippen LogP contribution >= 0.6 is 23.2 Å². The number of methoxy groups -OCH3 is 1. The number of benzene rings is 1. The molecule has 1 aromatic rings. The lowest BCUT2D eigenvalue weighted by molar-refractivity contribution is -0.138. The normalized spacial score (nSPS) is 12.2. The molecule has 0 saturated heterocycles. The third kappa shape index (κ3) is 2.58. The van der Waals surface area contributed by atoms with Gasteiger partial charge in [0.25, 0.3) is 0 Å². The molecule has 0 heterocycles. The molecule has 0 fully saturated rings. The zero-order chi connectivity index (χ0) is 12.3. The van der Waals surface area contributed by atoms with Crippen LogP contribution in [0.15, 0.2) is 12.1 Å². The van der Waals surface area contributed by atoms with Crippen molar-refractivity contribution >= 4 is 29.2 Å². The first-order valence-corrected chi connectivity index (χ1v) is 5.22. The first kappa shape index (κ1) is 13.1. The van der Waals surface area contributed by atoms with Crippen LogP contribution in [0.4, 0.5) is 0 Å². The van der Waals surface area contributed by atoms with E-state index in [1.165, 1.54) is 19.2 Å². The second-order valence-corrected chi connectivity index (χ2v) is 3.95. The number of rotatable bonds is 4. The second-order valence-electron chi connectivity index (χ2n) is 3.13. The van der Waals surface area contributed by atoms with E-state index in [9.17, 15) is 4.79 Å². The molecule has 0 aliphatic rings. The number of hydrogen-bond acceptors (Lipinski definition) is 3. The average molecular weight is 264 g/mol. The van der Waals surface area contributed by atoms with Gasteiger partial charge >= 0.3 is 5.97 Å². The minimum atomic E-state index is -1.04. The summed E-state index contributed by atoms with van der Waals surface area (Å²) in [7, 11) is 1.45. The van der Waals surface area contributed by atoms with E-state index in [1.807, 2.05) is 0 Å². The molecule has 0 aromatic heterocycles. The highest BCUT2D eigenvalue weighted by Crippen LogP contribution is 2.34. The average Bonchev–Trinajstić information content (AvgIpc) is 2.23. The molecule has 0 amide bonds. The lowest BCUT2D eigenvalue weighted by atomic mass is 9.99. The van der Waals surface area contributed by atoms with E-state index in [4.69, 9.17) is 38.8 Å². The molecule has 0 spiro atoms. The minimum absolute atomic E-state index is 0.0439. The molecule has 1 rings (SSSR count). The molecule has 1 unspecified atom stereocenters. The number of ether oxygens (including phenoxy) is 1. The molecule has 0 bridgehead atoms. The van der Waals surface area contributed by atoms with Crippen molar-refractivity contribution in [2.75, 3.05) is 13.7 Å². The highest BCUT2D eigenvalue weighted by Gasteiger charge is 2.22. The summed E-state index contributed by atoms with van der Waals surface area (Å²) in [5.41, 5.74) is 5.77. The largest absolute Gasteiger partial charge is 0.495 e. The number of carbonyl (C=O) groups is 1. The molecular formula is C10H11Cl2NO3. The van der Waals surface area contributed by atoms with Gasteiger partial charge in [-0.25, -0.2) is 0 Å². The van der Waals surface area contributed by atoms with E-state index in [1.54, 1.807) is 0 Å². The van der Waals surface area contributed by atoms with Crippen molar-refractivity contribution in [2.45, 2.75) is 5.92 Å². The van der Waals surface area contributed by atoms with Crippen LogP contribution in [0.2, 0.25) is 10.0 Å². The summed E-state index contributed by atoms with van der Waals surface area (Å²) in [6, 6.07) is 2.94. The van der Waals surface area contributed by atoms with Crippen molar-refractivity contribution < 1.29 is 14.6 Å². The van der Waals surface area contributed by atoms with Crippen LogP contribution in [-0.4, -0.2) is 24.7 Å². The van der Waals surface area contributed by atoms with Gasteiger partial charge in [0.1, 0.15) is 5.75 Å². The van der Waals surface area contributed by atoms with Crippen molar-refractivity contribution in [1.29, 1.82) is 0 Å². The summed E-state index contributed by atoms with van der Waals surface area (Å²) in [6.45, 7) is -0.0439. The highest BCUT2D eigenvalue weighted by molar-refractivity contribution is 6.35. The molecule has 88 valence electrons. The Hall–Kier alpha value is -0.970. The predicted octanol–water partition coefficient (Wildman–Crippen LogP) is 2.13. The van der Waals surface area contributed by atoms with Crippen LogP contribution < -0.4 is 10.5 Å². The summed E-state index contributed by atoms with van der Waals surface area (Å²) in [4.78, 5) is 10.9. The van der Waals surface area contributed by atoms with Crippen LogP contribution in [0.25, 0.3) is 0 Å². The summed E-state index contributed by atoms with van der Waals surface area (Å²) in [5.74, 6) is -1.50. The molecule has 1 atom stereocenters. The Morgan fingerprint density at radius 1 is 1.50 bits per heavy atom. The summed E-state index contributed by atoms with van der Waals surface area (Å²) < 4.78 is 4.96. The Labute approximate surface area is 103 Å². The smallest absolute Gasteiger partial charge is 0.312 e. The molecule has 1 aromatic carbocycles. The number of nitrogens with two attached hydrogens (primary N) is 1. The van der Waals surface area contributed by atoms with Crippen molar-refractivity contribution in [3.8, 4) is 5.75 Å². The van der Waals surface area contributed by atoms with Gasteiger partial charge in [-0.2, -0.15) is 0 Å². The van der Waals surface area contributed by atoms with Gasteiger partial charge in [-0.1, -0.05) is 23.2 Å². The minimum Gasteiger partial charge on any atom is -0.495 e. The van der Waals surface area contributed by atoms with Gasteiger partial charge in [0.05, 0.1) is 18.1 Å². The lowest BCUT2D eigenvalue weighted by Crippen LogP contribution is -2.21. The Balaban J connectivity index is 3.24. The number of carboxylic acids is 1. The quantitative estimate of drug-likeness (QED) is 0.873. The monoisotopic (exact) mass is 263 g/mol. The molecular weight excluding hydrogens is 253 g/mol. The van der Waals surface area contributed by atoms with E-state index in [0.29, 0.717) is 16.3 Å². The fourth-order valence-corrected chi connectivity index (χ4v) is 1.86. The zero-order valence-corrected chi connectivity index (χ0v) is 10.0. The van der Waals surface area contributed by atoms with E-state index in [0.717, 1.165) is 0 Å². The first-order chi connectivity index (χ1) is 7.51. The van der Waals surface area contributed by atoms with Gasteiger partial charge in [-0.05, 0) is 11.6 Å². The fourth-order valence-electron chi connectivity index (χ4n) is 1.33. The second kappa shape index (κ2) is 5.39. The van der Waals surface area contributed by atoms with Crippen molar-refractivity contribution in [2.24, 2.45) is 5.73 Å². The molecule has 0 aliphatic carbocycles. The van der Waals surface area contributed by atoms with Crippen LogP contribution in [0.1, 0.15) is 11.5 Å². The Morgan fingerprint density at radius 2 is 2.12 bits per heavy atom. The lowest BCUT2D eigenvalue weighted by Gasteiger charge is -2.14. The van der Waals surface area contributed by atoms with Gasteiger partial charge in [-0.3, -0.25) is 4.79 Å². The Bertz CT molecular complexity index is 409. The topological polar surface area (TPSA) is 72.5 Å². The Morgan fingerprint density at radius 3 is 2.56 bits per heavy atom. The van der Waals surface area contributed by atoms with E-state index < -0.39 is 11.9 Å². The molecule has 0 radical (unpaired) electrons. The molecule has 16 heavy (non-hydrogen) atoms. The Kier molecular flexibility index (Phi) is 4.41. The molecule has 0 aliphatic heterocycles. The van der Waals surface area contributed by atoms with Crippen LogP contribution in [0.3, 0.4) is 0 Å². The maximum absolute atomic E-state index is 10.9. The molecule has 6 heteroatoms. The third-order valence-corrected chi connectivity index (χ3v) is 2.80. The van der Waals surface area contributed by atoms with Crippen LogP contribution in [0.5, 0.6) is 5.75 Å². The SMILES string of the molecule is COc1cc(Cl)c(C(CN)C(=O)O)cc1Cl. The molecule has 0 saturated carbocycles. The van der Waals surface area contributed by atoms with Gasteiger partial charge in [0.2, 0.25) is 0 Å². The first-order valence-electron chi connectivity index (χ1n) is 4.47. The summed E-state index contributed by atoms with van der Waals surface area (Å²) >= 11 is 11.8. The summed E-state index contributed by atoms with van der Waals surface area (Å²) in [5, 5.41) is 9.54. The standard InChI is InChI=1S/C10H11Cl2NO3/c1-16-9-3-7(11)5(2-8(9)12)6(4-13)10(14)15/h2-3,6H,4,13H2,1H3,(H,14,15). The van der Waals surface area contributed by atoms with Crippen molar-refractivity contribution in [3.05, 3.63) is 27.7 Å². The molecule has 3 N–H and O–H groups in total. The van der Waals surface area contributed by atoms with E-state index >= 15 is 0 Å². The third-order valence-electron chi connectivity index (χ3n) is 2.18. The van der Waals surface area contributed by atoms with Gasteiger partial charge < -0.3 is 15.6 Å². The van der Waals surface area contributed by atoms with Crippen molar-refractivity contribution in [3.63, 3.8) is 0 Å².